The van der Waals surface area contributed by atoms with Gasteiger partial charge in [-0.15, -0.1) is 0 Å². The lowest BCUT2D eigenvalue weighted by atomic mass is 9.89. The van der Waals surface area contributed by atoms with E-state index >= 15 is 0 Å². The molecule has 0 aliphatic carbocycles. The van der Waals surface area contributed by atoms with Crippen LogP contribution in [0.15, 0.2) is 75.8 Å². The van der Waals surface area contributed by atoms with Gasteiger partial charge in [-0.3, -0.25) is 19.3 Å². The van der Waals surface area contributed by atoms with Crippen molar-refractivity contribution < 1.29 is 19.2 Å². The molecule has 252 valence electrons. The van der Waals surface area contributed by atoms with Crippen molar-refractivity contribution in [3.63, 3.8) is 0 Å². The van der Waals surface area contributed by atoms with Crippen molar-refractivity contribution in [1.82, 2.24) is 30.3 Å². The first-order valence-electron chi connectivity index (χ1n) is 16.0. The summed E-state index contributed by atoms with van der Waals surface area (Å²) in [4.78, 5) is 53.4. The average molecular weight is 717 g/mol. The number of rotatable bonds is 14. The second kappa shape index (κ2) is 15.6. The third kappa shape index (κ3) is 8.29. The van der Waals surface area contributed by atoms with Crippen molar-refractivity contribution in [2.45, 2.75) is 51.2 Å². The summed E-state index contributed by atoms with van der Waals surface area (Å²) >= 11 is 3.53. The molecule has 1 atom stereocenters. The van der Waals surface area contributed by atoms with Crippen molar-refractivity contribution in [3.05, 3.63) is 98.6 Å². The van der Waals surface area contributed by atoms with Crippen LogP contribution in [0.3, 0.4) is 0 Å². The van der Waals surface area contributed by atoms with Gasteiger partial charge in [0.2, 0.25) is 12.3 Å². The maximum atomic E-state index is 13.0. The van der Waals surface area contributed by atoms with Gasteiger partial charge in [-0.25, -0.2) is 5.01 Å². The molecule has 11 nitrogen and oxygen atoms in total. The number of amides is 3. The van der Waals surface area contributed by atoms with Crippen LogP contribution >= 0.6 is 15.9 Å². The number of halogens is 1. The minimum atomic E-state index is -0.613. The van der Waals surface area contributed by atoms with Crippen molar-refractivity contribution >= 4 is 52.2 Å². The average Bonchev–Trinajstić information content (AvgIpc) is 3.39. The van der Waals surface area contributed by atoms with Crippen LogP contribution in [0.25, 0.3) is 5.57 Å². The van der Waals surface area contributed by atoms with Gasteiger partial charge < -0.3 is 25.2 Å². The maximum absolute atomic E-state index is 13.0. The predicted octanol–water partition coefficient (Wildman–Crippen LogP) is 4.14. The highest BCUT2D eigenvalue weighted by Crippen LogP contribution is 2.34. The van der Waals surface area contributed by atoms with Gasteiger partial charge in [0, 0.05) is 94.2 Å². The number of aldehydes is 1. The highest BCUT2D eigenvalue weighted by atomic mass is 79.9. The summed E-state index contributed by atoms with van der Waals surface area (Å²) in [6, 6.07) is 14.2. The van der Waals surface area contributed by atoms with E-state index in [4.69, 9.17) is 0 Å². The molecule has 0 bridgehead atoms. The maximum Gasteiger partial charge on any atom is 0.255 e. The Kier molecular flexibility index (Phi) is 11.3. The highest BCUT2D eigenvalue weighted by molar-refractivity contribution is 9.11. The molecule has 0 saturated carbocycles. The van der Waals surface area contributed by atoms with E-state index in [1.807, 2.05) is 37.2 Å². The largest absolute Gasteiger partial charge is 0.359 e. The molecule has 1 fully saturated rings. The normalized spacial score (nSPS) is 17.6. The molecule has 2 aromatic rings. The Morgan fingerprint density at radius 3 is 2.56 bits per heavy atom. The standard InChI is InChI=1S/C36H42BrN7O4/c1-24(37)34(15-39-42(4)23-46)40-31-14-28(17-41(3)21-31)26-7-5-25(6-8-26)16-43-18-30(19-43)27-9-11-33-29(13-27)20-44(36(33)48)32(22-45)10-12-35(47)38-2/h5-9,11,13,15,17,21-23,30,32,40H,10,12,14,16,18-20H2,1-4H3,(H,38,47)/b34-24-,39-15-. The Hall–Kier alpha value is -4.55. The molecule has 5 rings (SSSR count). The molecule has 0 spiro atoms. The van der Waals surface area contributed by atoms with Crippen LogP contribution in [-0.4, -0.2) is 90.7 Å². The van der Waals surface area contributed by atoms with Crippen LogP contribution in [0.4, 0.5) is 0 Å². The number of hydrogen-bond donors (Lipinski definition) is 2. The lowest BCUT2D eigenvalue weighted by molar-refractivity contribution is -0.121. The number of nitrogens with one attached hydrogen (secondary N) is 2. The van der Waals surface area contributed by atoms with Crippen LogP contribution in [0.2, 0.25) is 0 Å². The fourth-order valence-electron chi connectivity index (χ4n) is 6.21. The Balaban J connectivity index is 1.14. The predicted molar refractivity (Wildman–Crippen MR) is 189 cm³/mol. The zero-order valence-electron chi connectivity index (χ0n) is 27.8. The first-order valence-corrected chi connectivity index (χ1v) is 16.8. The number of likely N-dealkylation sites (tertiary alicyclic amines) is 1. The van der Waals surface area contributed by atoms with E-state index < -0.39 is 6.04 Å². The summed E-state index contributed by atoms with van der Waals surface area (Å²) in [7, 11) is 5.15. The topological polar surface area (TPSA) is 118 Å². The molecule has 2 aromatic carbocycles. The van der Waals surface area contributed by atoms with Crippen LogP contribution in [0, 0.1) is 0 Å². The van der Waals surface area contributed by atoms with Crippen molar-refractivity contribution in [2.24, 2.45) is 5.10 Å². The van der Waals surface area contributed by atoms with E-state index in [1.54, 1.807) is 25.2 Å². The van der Waals surface area contributed by atoms with E-state index in [0.717, 1.165) is 52.9 Å². The molecule has 1 saturated heterocycles. The summed E-state index contributed by atoms with van der Waals surface area (Å²) in [6.07, 6.45) is 8.44. The van der Waals surface area contributed by atoms with E-state index in [2.05, 4.69) is 73.1 Å². The van der Waals surface area contributed by atoms with Crippen LogP contribution in [-0.2, 0) is 27.5 Å². The molecule has 12 heteroatoms. The van der Waals surface area contributed by atoms with E-state index in [-0.39, 0.29) is 18.2 Å². The van der Waals surface area contributed by atoms with Crippen molar-refractivity contribution in [1.29, 1.82) is 0 Å². The molecule has 0 radical (unpaired) electrons. The first-order chi connectivity index (χ1) is 23.1. The number of hydrogen-bond acceptors (Lipinski definition) is 8. The summed E-state index contributed by atoms with van der Waals surface area (Å²) < 4.78 is 0.874. The van der Waals surface area contributed by atoms with Crippen molar-refractivity contribution in [3.8, 4) is 0 Å². The lowest BCUT2D eigenvalue weighted by Crippen LogP contribution is -2.44. The number of fused-ring (bicyclic) bond motifs is 1. The Morgan fingerprint density at radius 2 is 1.90 bits per heavy atom. The first kappa shape index (κ1) is 34.8. The molecule has 3 aliphatic heterocycles. The molecule has 48 heavy (non-hydrogen) atoms. The van der Waals surface area contributed by atoms with Gasteiger partial charge in [0.05, 0.1) is 18.0 Å². The molecule has 2 N–H and O–H groups in total. The van der Waals surface area contributed by atoms with Gasteiger partial charge >= 0.3 is 0 Å². The van der Waals surface area contributed by atoms with Gasteiger partial charge in [0.1, 0.15) is 6.29 Å². The van der Waals surface area contributed by atoms with Crippen molar-refractivity contribution in [2.75, 3.05) is 34.2 Å². The van der Waals surface area contributed by atoms with E-state index in [9.17, 15) is 19.2 Å². The Bertz CT molecular complexity index is 1670. The number of carbonyl (C=O) groups is 4. The highest BCUT2D eigenvalue weighted by Gasteiger charge is 2.35. The fourth-order valence-corrected chi connectivity index (χ4v) is 6.41. The zero-order chi connectivity index (χ0) is 34.4. The number of nitrogens with zero attached hydrogens (tertiary/aromatic N) is 5. The van der Waals surface area contributed by atoms with Gasteiger partial charge in [0.25, 0.3) is 5.91 Å². The SMILES string of the molecule is CNC(=O)CCC(C=O)N1Cc2cc(C3CN(Cc4ccc(C5=CN(C)C=C(NC(/C=N\N(C)C=O)=C(/C)Br)C5)cc4)C3)ccc2C1=O. The van der Waals surface area contributed by atoms with Gasteiger partial charge in [-0.1, -0.05) is 52.3 Å². The van der Waals surface area contributed by atoms with Gasteiger partial charge in [0.15, 0.2) is 0 Å². The Labute approximate surface area is 290 Å². The summed E-state index contributed by atoms with van der Waals surface area (Å²) in [5.74, 6) is 0.0992. The van der Waals surface area contributed by atoms with Crippen LogP contribution < -0.4 is 10.6 Å². The smallest absolute Gasteiger partial charge is 0.255 e. The molecule has 3 aliphatic rings. The fraction of sp³-hybridized carbons (Fsp3) is 0.361. The van der Waals surface area contributed by atoms with Crippen LogP contribution in [0.5, 0.6) is 0 Å². The van der Waals surface area contributed by atoms with Crippen LogP contribution in [0.1, 0.15) is 64.7 Å². The summed E-state index contributed by atoms with van der Waals surface area (Å²) in [6.45, 7) is 5.05. The third-order valence-corrected chi connectivity index (χ3v) is 9.34. The number of carbonyl (C=O) groups excluding carboxylic acids is 4. The molecule has 1 unspecified atom stereocenters. The minimum Gasteiger partial charge on any atom is -0.359 e. The minimum absolute atomic E-state index is 0.144. The molecule has 3 heterocycles. The molecular weight excluding hydrogens is 674 g/mol. The number of allylic oxidation sites excluding steroid dienone is 3. The second-order valence-electron chi connectivity index (χ2n) is 12.5. The van der Waals surface area contributed by atoms with Gasteiger partial charge in [-0.05, 0) is 47.2 Å². The van der Waals surface area contributed by atoms with E-state index in [0.29, 0.717) is 37.3 Å². The zero-order valence-corrected chi connectivity index (χ0v) is 29.4. The number of benzene rings is 2. The molecule has 0 aromatic heterocycles. The Morgan fingerprint density at radius 1 is 1.15 bits per heavy atom. The van der Waals surface area contributed by atoms with E-state index in [1.165, 1.54) is 21.7 Å². The monoisotopic (exact) mass is 715 g/mol. The molecule has 3 amide bonds. The second-order valence-corrected chi connectivity index (χ2v) is 13.7. The quantitative estimate of drug-likeness (QED) is 0.172. The third-order valence-electron chi connectivity index (χ3n) is 8.91. The lowest BCUT2D eigenvalue weighted by Gasteiger charge is -2.40. The van der Waals surface area contributed by atoms with Gasteiger partial charge in [-0.2, -0.15) is 5.10 Å². The molecular formula is C36H42BrN7O4. The summed E-state index contributed by atoms with van der Waals surface area (Å²) in [5.41, 5.74) is 8.17. The number of hydrazone groups is 1. The summed E-state index contributed by atoms with van der Waals surface area (Å²) in [5, 5.41) is 11.3.